The molecule has 0 aromatic heterocycles. The van der Waals surface area contributed by atoms with Crippen LogP contribution in [0.15, 0.2) is 0 Å². The van der Waals surface area contributed by atoms with Crippen LogP contribution in [-0.2, 0) is 0 Å². The van der Waals surface area contributed by atoms with Gasteiger partial charge in [0.05, 0.1) is 8.07 Å². The smallest absolute Gasteiger partial charge is 0.0527 e. The van der Waals surface area contributed by atoms with Crippen LogP contribution in [0, 0.1) is 6.92 Å². The lowest BCUT2D eigenvalue weighted by Crippen LogP contribution is -2.30. The summed E-state index contributed by atoms with van der Waals surface area (Å²) < 4.78 is 0. The van der Waals surface area contributed by atoms with E-state index in [1.54, 1.807) is 6.04 Å². The predicted molar refractivity (Wildman–Crippen MR) is 75.1 cm³/mol. The van der Waals surface area contributed by atoms with E-state index in [-0.39, 0.29) is 0 Å². The lowest BCUT2D eigenvalue weighted by molar-refractivity contribution is 0.632. The maximum atomic E-state index is 3.89. The van der Waals surface area contributed by atoms with E-state index in [1.807, 2.05) is 0 Å². The first-order chi connectivity index (χ1) is 7.24. The van der Waals surface area contributed by atoms with Gasteiger partial charge in [0.25, 0.3) is 0 Å². The van der Waals surface area contributed by atoms with Gasteiger partial charge >= 0.3 is 0 Å². The average molecular weight is 227 g/mol. The highest BCUT2D eigenvalue weighted by Crippen LogP contribution is 2.27. The molecule has 0 saturated heterocycles. The zero-order valence-electron chi connectivity index (χ0n) is 11.3. The van der Waals surface area contributed by atoms with Gasteiger partial charge in [-0.2, -0.15) is 0 Å². The van der Waals surface area contributed by atoms with Crippen molar-refractivity contribution in [1.29, 1.82) is 0 Å². The Balaban J connectivity index is 3.54. The fourth-order valence-electron chi connectivity index (χ4n) is 2.49. The van der Waals surface area contributed by atoms with Crippen LogP contribution in [-0.4, -0.2) is 8.07 Å². The molecule has 0 bridgehead atoms. The topological polar surface area (TPSA) is 0 Å². The molecule has 0 rings (SSSR count). The summed E-state index contributed by atoms with van der Waals surface area (Å²) in [5, 5.41) is 0. The van der Waals surface area contributed by atoms with Gasteiger partial charge in [-0.15, -0.1) is 0 Å². The second-order valence-corrected chi connectivity index (χ2v) is 10.6. The van der Waals surface area contributed by atoms with Crippen LogP contribution in [0.3, 0.4) is 0 Å². The monoisotopic (exact) mass is 227 g/mol. The summed E-state index contributed by atoms with van der Waals surface area (Å²) in [6, 6.07) is 6.08. The fraction of sp³-hybridized carbons (Fsp3) is 0.929. The standard InChI is InChI=1S/C14H31Si/c1-5-9-10-11-12-13-14-15(6-2,7-3)8-4/h1,5-14H2,2-4H3. The molecule has 0 saturated carbocycles. The van der Waals surface area contributed by atoms with E-state index in [9.17, 15) is 0 Å². The summed E-state index contributed by atoms with van der Waals surface area (Å²) in [4.78, 5) is 0. The quantitative estimate of drug-likeness (QED) is 0.333. The van der Waals surface area contributed by atoms with E-state index in [2.05, 4.69) is 27.7 Å². The van der Waals surface area contributed by atoms with Crippen molar-refractivity contribution >= 4 is 8.07 Å². The molecule has 1 heteroatoms. The number of rotatable bonds is 10. The molecule has 15 heavy (non-hydrogen) atoms. The summed E-state index contributed by atoms with van der Waals surface area (Å²) in [5.74, 6) is 0. The Morgan fingerprint density at radius 2 is 1.20 bits per heavy atom. The van der Waals surface area contributed by atoms with E-state index in [1.165, 1.54) is 50.2 Å². The third kappa shape index (κ3) is 6.39. The molecule has 0 amide bonds. The van der Waals surface area contributed by atoms with E-state index < -0.39 is 8.07 Å². The summed E-state index contributed by atoms with van der Waals surface area (Å²) in [7, 11) is -0.798. The Morgan fingerprint density at radius 3 is 1.67 bits per heavy atom. The number of unbranched alkanes of at least 4 members (excludes halogenated alkanes) is 5. The van der Waals surface area contributed by atoms with Crippen LogP contribution in [0.5, 0.6) is 0 Å². The first-order valence-corrected chi connectivity index (χ1v) is 9.86. The molecule has 0 N–H and O–H groups in total. The van der Waals surface area contributed by atoms with Crippen molar-refractivity contribution in [2.45, 2.75) is 83.5 Å². The molecule has 0 unspecified atom stereocenters. The molecular weight excluding hydrogens is 196 g/mol. The molecular formula is C14H31Si. The summed E-state index contributed by atoms with van der Waals surface area (Å²) in [6.45, 7) is 11.1. The molecule has 0 atom stereocenters. The minimum absolute atomic E-state index is 0.798. The molecule has 0 aromatic rings. The highest BCUT2D eigenvalue weighted by Gasteiger charge is 2.25. The molecule has 0 aliphatic heterocycles. The van der Waals surface area contributed by atoms with Gasteiger partial charge in [-0.05, 0) is 0 Å². The normalized spacial score (nSPS) is 12.0. The summed E-state index contributed by atoms with van der Waals surface area (Å²) >= 11 is 0. The van der Waals surface area contributed by atoms with Gasteiger partial charge in [0.15, 0.2) is 0 Å². The van der Waals surface area contributed by atoms with Gasteiger partial charge in [-0.25, -0.2) is 0 Å². The van der Waals surface area contributed by atoms with Gasteiger partial charge in [0, 0.05) is 0 Å². The third-order valence-corrected chi connectivity index (χ3v) is 10.1. The molecule has 0 aromatic carbocycles. The number of hydrogen-bond donors (Lipinski definition) is 0. The zero-order valence-corrected chi connectivity index (χ0v) is 12.3. The second-order valence-electron chi connectivity index (χ2n) is 4.93. The van der Waals surface area contributed by atoms with Crippen molar-refractivity contribution in [3.05, 3.63) is 6.92 Å². The molecule has 0 fully saturated rings. The Labute approximate surface area is 98.9 Å². The van der Waals surface area contributed by atoms with Crippen LogP contribution in [0.1, 0.15) is 59.3 Å². The minimum Gasteiger partial charge on any atom is -0.0678 e. The van der Waals surface area contributed by atoms with Crippen molar-refractivity contribution < 1.29 is 0 Å². The predicted octanol–water partition coefficient (Wildman–Crippen LogP) is 5.67. The van der Waals surface area contributed by atoms with Gasteiger partial charge in [0.1, 0.15) is 0 Å². The maximum absolute atomic E-state index is 3.89. The first kappa shape index (κ1) is 15.2. The van der Waals surface area contributed by atoms with Crippen molar-refractivity contribution in [2.24, 2.45) is 0 Å². The van der Waals surface area contributed by atoms with E-state index in [0.29, 0.717) is 0 Å². The largest absolute Gasteiger partial charge is 0.0678 e. The highest BCUT2D eigenvalue weighted by molar-refractivity contribution is 6.79. The third-order valence-electron chi connectivity index (χ3n) is 4.21. The van der Waals surface area contributed by atoms with Crippen LogP contribution >= 0.6 is 0 Å². The Hall–Kier alpha value is 0.217. The fourth-order valence-corrected chi connectivity index (χ4v) is 6.05. The Bertz CT molecular complexity index is 119. The first-order valence-electron chi connectivity index (χ1n) is 7.04. The zero-order chi connectivity index (χ0) is 11.6. The molecule has 0 aliphatic rings. The molecule has 0 nitrogen and oxygen atoms in total. The van der Waals surface area contributed by atoms with Crippen LogP contribution in [0.25, 0.3) is 0 Å². The van der Waals surface area contributed by atoms with Crippen LogP contribution < -0.4 is 0 Å². The Morgan fingerprint density at radius 1 is 0.733 bits per heavy atom. The van der Waals surface area contributed by atoms with E-state index in [0.717, 1.165) is 6.42 Å². The van der Waals surface area contributed by atoms with Gasteiger partial charge in [0.2, 0.25) is 0 Å². The van der Waals surface area contributed by atoms with Gasteiger partial charge in [-0.1, -0.05) is 90.4 Å². The SMILES string of the molecule is [CH2]CCCCCCC[Si](CC)(CC)CC. The molecule has 0 heterocycles. The lowest BCUT2D eigenvalue weighted by atomic mass is 10.1. The van der Waals surface area contributed by atoms with Crippen LogP contribution in [0.4, 0.5) is 0 Å². The van der Waals surface area contributed by atoms with Crippen molar-refractivity contribution in [3.63, 3.8) is 0 Å². The second kappa shape index (κ2) is 9.44. The van der Waals surface area contributed by atoms with E-state index in [4.69, 9.17) is 0 Å². The molecule has 91 valence electrons. The summed E-state index contributed by atoms with van der Waals surface area (Å²) in [6.07, 6.45) is 8.27. The molecule has 1 radical (unpaired) electrons. The minimum atomic E-state index is -0.798. The van der Waals surface area contributed by atoms with Crippen molar-refractivity contribution in [3.8, 4) is 0 Å². The summed E-state index contributed by atoms with van der Waals surface area (Å²) in [5.41, 5.74) is 0. The lowest BCUT2D eigenvalue weighted by Gasteiger charge is -2.28. The maximum Gasteiger partial charge on any atom is 0.0527 e. The molecule has 0 aliphatic carbocycles. The van der Waals surface area contributed by atoms with Crippen molar-refractivity contribution in [1.82, 2.24) is 0 Å². The van der Waals surface area contributed by atoms with Gasteiger partial charge in [-0.3, -0.25) is 0 Å². The molecule has 0 spiro atoms. The van der Waals surface area contributed by atoms with Gasteiger partial charge < -0.3 is 0 Å². The highest BCUT2D eigenvalue weighted by atomic mass is 28.3. The van der Waals surface area contributed by atoms with E-state index >= 15 is 0 Å². The van der Waals surface area contributed by atoms with Crippen LogP contribution in [0.2, 0.25) is 24.2 Å². The number of hydrogen-bond acceptors (Lipinski definition) is 0. The van der Waals surface area contributed by atoms with Crippen molar-refractivity contribution in [2.75, 3.05) is 0 Å². The Kier molecular flexibility index (Phi) is 9.58. The average Bonchev–Trinajstić information content (AvgIpc) is 2.29.